The Labute approximate surface area is 139 Å². The smallest absolute Gasteiger partial charge is 0.326 e. The number of rotatable bonds is 7. The molecule has 1 aromatic carbocycles. The van der Waals surface area contributed by atoms with Crippen molar-refractivity contribution in [1.82, 2.24) is 5.32 Å². The molecule has 0 aliphatic rings. The molecule has 0 spiro atoms. The molecule has 23 heavy (non-hydrogen) atoms. The van der Waals surface area contributed by atoms with Crippen molar-refractivity contribution in [2.24, 2.45) is 0 Å². The summed E-state index contributed by atoms with van der Waals surface area (Å²) in [6.07, 6.45) is 0.0263. The molecule has 1 atom stereocenters. The molecule has 1 unspecified atom stereocenters. The number of carbonyl (C=O) groups is 2. The summed E-state index contributed by atoms with van der Waals surface area (Å²) in [6, 6.07) is 2.65. The van der Waals surface area contributed by atoms with Crippen LogP contribution in [0.4, 0.5) is 4.39 Å². The van der Waals surface area contributed by atoms with E-state index in [-0.39, 0.29) is 30.1 Å². The minimum atomic E-state index is -1.14. The fraction of sp³-hybridized carbons (Fsp3) is 0.500. The molecular formula is C16H21ClFNO4. The van der Waals surface area contributed by atoms with Crippen LogP contribution >= 0.6 is 11.6 Å². The van der Waals surface area contributed by atoms with Gasteiger partial charge in [-0.25, -0.2) is 9.18 Å². The normalized spacial score (nSPS) is 12.7. The average molecular weight is 346 g/mol. The molecule has 0 fully saturated rings. The number of aliphatic carboxylic acids is 1. The molecular weight excluding hydrogens is 325 g/mol. The van der Waals surface area contributed by atoms with Crippen molar-refractivity contribution in [3.8, 4) is 0 Å². The molecule has 128 valence electrons. The topological polar surface area (TPSA) is 75.6 Å². The van der Waals surface area contributed by atoms with Gasteiger partial charge < -0.3 is 15.2 Å². The van der Waals surface area contributed by atoms with Crippen molar-refractivity contribution in [3.05, 3.63) is 34.6 Å². The third-order valence-electron chi connectivity index (χ3n) is 2.94. The molecule has 0 aromatic heterocycles. The van der Waals surface area contributed by atoms with E-state index >= 15 is 0 Å². The predicted molar refractivity (Wildman–Crippen MR) is 85.0 cm³/mol. The molecule has 0 aliphatic carbocycles. The highest BCUT2D eigenvalue weighted by atomic mass is 35.5. The number of hydrogen-bond donors (Lipinski definition) is 2. The van der Waals surface area contributed by atoms with E-state index in [1.54, 1.807) is 0 Å². The van der Waals surface area contributed by atoms with Crippen LogP contribution in [0.5, 0.6) is 0 Å². The number of halogens is 2. The standard InChI is InChI=1S/C16H21ClFNO4/c1-16(2,3)23-7-6-13(15(21)22)19-14(20)8-10-4-5-11(18)9-12(10)17/h4-5,9,13H,6-8H2,1-3H3,(H,19,20)(H,21,22). The van der Waals surface area contributed by atoms with Crippen LogP contribution in [0.1, 0.15) is 32.8 Å². The summed E-state index contributed by atoms with van der Waals surface area (Å²) >= 11 is 5.85. The summed E-state index contributed by atoms with van der Waals surface area (Å²) in [6.45, 7) is 5.78. The SMILES string of the molecule is CC(C)(C)OCCC(NC(=O)Cc1ccc(F)cc1Cl)C(=O)O. The Bertz CT molecular complexity index is 572. The van der Waals surface area contributed by atoms with Gasteiger partial charge in [0.05, 0.1) is 12.0 Å². The molecule has 0 aliphatic heterocycles. The number of carbonyl (C=O) groups excluding carboxylic acids is 1. The second kappa shape index (κ2) is 8.26. The average Bonchev–Trinajstić information content (AvgIpc) is 2.39. The van der Waals surface area contributed by atoms with Gasteiger partial charge in [-0.15, -0.1) is 0 Å². The molecule has 0 radical (unpaired) electrons. The summed E-state index contributed by atoms with van der Waals surface area (Å²) in [5, 5.41) is 11.7. The van der Waals surface area contributed by atoms with Gasteiger partial charge in [0, 0.05) is 18.1 Å². The summed E-state index contributed by atoms with van der Waals surface area (Å²) in [4.78, 5) is 23.2. The minimum Gasteiger partial charge on any atom is -0.480 e. The predicted octanol–water partition coefficient (Wildman–Crippen LogP) is 2.80. The van der Waals surface area contributed by atoms with Crippen molar-refractivity contribution in [2.45, 2.75) is 45.3 Å². The lowest BCUT2D eigenvalue weighted by Crippen LogP contribution is -2.42. The number of amides is 1. The van der Waals surface area contributed by atoms with E-state index in [2.05, 4.69) is 5.32 Å². The van der Waals surface area contributed by atoms with Crippen molar-refractivity contribution in [2.75, 3.05) is 6.61 Å². The monoisotopic (exact) mass is 345 g/mol. The Morgan fingerprint density at radius 1 is 1.39 bits per heavy atom. The van der Waals surface area contributed by atoms with E-state index in [0.717, 1.165) is 6.07 Å². The highest BCUT2D eigenvalue weighted by Gasteiger charge is 2.21. The number of ether oxygens (including phenoxy) is 1. The quantitative estimate of drug-likeness (QED) is 0.796. The Hall–Kier alpha value is -1.66. The summed E-state index contributed by atoms with van der Waals surface area (Å²) in [7, 11) is 0. The van der Waals surface area contributed by atoms with Crippen LogP contribution in [0.25, 0.3) is 0 Å². The maximum absolute atomic E-state index is 13.0. The Balaban J connectivity index is 2.58. The third kappa shape index (κ3) is 7.43. The summed E-state index contributed by atoms with van der Waals surface area (Å²) < 4.78 is 18.4. The largest absolute Gasteiger partial charge is 0.480 e. The van der Waals surface area contributed by atoms with Gasteiger partial charge in [0.2, 0.25) is 5.91 Å². The van der Waals surface area contributed by atoms with Gasteiger partial charge in [0.1, 0.15) is 11.9 Å². The van der Waals surface area contributed by atoms with Gasteiger partial charge in [0.25, 0.3) is 0 Å². The number of benzene rings is 1. The van der Waals surface area contributed by atoms with Gasteiger partial charge in [-0.05, 0) is 38.5 Å². The highest BCUT2D eigenvalue weighted by Crippen LogP contribution is 2.17. The molecule has 2 N–H and O–H groups in total. The van der Waals surface area contributed by atoms with Crippen molar-refractivity contribution in [1.29, 1.82) is 0 Å². The van der Waals surface area contributed by atoms with E-state index in [9.17, 15) is 14.0 Å². The molecule has 1 aromatic rings. The van der Waals surface area contributed by atoms with E-state index in [0.29, 0.717) is 5.56 Å². The van der Waals surface area contributed by atoms with Gasteiger partial charge in [-0.1, -0.05) is 17.7 Å². The molecule has 1 rings (SSSR count). The van der Waals surface area contributed by atoms with E-state index in [4.69, 9.17) is 21.4 Å². The zero-order valence-electron chi connectivity index (χ0n) is 13.4. The zero-order chi connectivity index (χ0) is 17.6. The molecule has 1 amide bonds. The van der Waals surface area contributed by atoms with Crippen LogP contribution in [0.2, 0.25) is 5.02 Å². The molecule has 5 nitrogen and oxygen atoms in total. The van der Waals surface area contributed by atoms with Gasteiger partial charge >= 0.3 is 5.97 Å². The third-order valence-corrected chi connectivity index (χ3v) is 3.29. The lowest BCUT2D eigenvalue weighted by atomic mass is 10.1. The lowest BCUT2D eigenvalue weighted by Gasteiger charge is -2.21. The fourth-order valence-corrected chi connectivity index (χ4v) is 2.06. The van der Waals surface area contributed by atoms with Crippen molar-refractivity contribution < 1.29 is 23.8 Å². The Morgan fingerprint density at radius 3 is 2.57 bits per heavy atom. The van der Waals surface area contributed by atoms with Crippen LogP contribution in [0.15, 0.2) is 18.2 Å². The second-order valence-corrected chi connectivity index (χ2v) is 6.53. The second-order valence-electron chi connectivity index (χ2n) is 6.12. The highest BCUT2D eigenvalue weighted by molar-refractivity contribution is 6.31. The van der Waals surface area contributed by atoms with Crippen molar-refractivity contribution >= 4 is 23.5 Å². The molecule has 0 saturated carbocycles. The Kier molecular flexibility index (Phi) is 6.97. The van der Waals surface area contributed by atoms with Crippen LogP contribution in [-0.4, -0.2) is 35.2 Å². The maximum Gasteiger partial charge on any atom is 0.326 e. The van der Waals surface area contributed by atoms with Gasteiger partial charge in [0.15, 0.2) is 0 Å². The van der Waals surface area contributed by atoms with E-state index in [1.807, 2.05) is 20.8 Å². The van der Waals surface area contributed by atoms with Crippen molar-refractivity contribution in [3.63, 3.8) is 0 Å². The minimum absolute atomic E-state index is 0.122. The van der Waals surface area contributed by atoms with E-state index < -0.39 is 23.7 Å². The molecule has 0 saturated heterocycles. The number of hydrogen-bond acceptors (Lipinski definition) is 3. The number of carboxylic acid groups (broad SMARTS) is 1. The van der Waals surface area contributed by atoms with E-state index in [1.165, 1.54) is 12.1 Å². The van der Waals surface area contributed by atoms with Crippen LogP contribution in [0.3, 0.4) is 0 Å². The fourth-order valence-electron chi connectivity index (χ4n) is 1.82. The first-order valence-electron chi connectivity index (χ1n) is 7.18. The van der Waals surface area contributed by atoms with Crippen LogP contribution < -0.4 is 5.32 Å². The zero-order valence-corrected chi connectivity index (χ0v) is 14.1. The maximum atomic E-state index is 13.0. The van der Waals surface area contributed by atoms with Gasteiger partial charge in [-0.2, -0.15) is 0 Å². The Morgan fingerprint density at radius 2 is 2.04 bits per heavy atom. The first-order valence-corrected chi connectivity index (χ1v) is 7.56. The summed E-state index contributed by atoms with van der Waals surface area (Å²) in [5.41, 5.74) is 0.0509. The molecule has 0 heterocycles. The lowest BCUT2D eigenvalue weighted by molar-refractivity contribution is -0.142. The van der Waals surface area contributed by atoms with Gasteiger partial charge in [-0.3, -0.25) is 4.79 Å². The number of nitrogens with one attached hydrogen (secondary N) is 1. The molecule has 0 bridgehead atoms. The number of carboxylic acids is 1. The first kappa shape index (κ1) is 19.4. The van der Waals surface area contributed by atoms with Crippen LogP contribution in [-0.2, 0) is 20.7 Å². The summed E-state index contributed by atoms with van der Waals surface area (Å²) in [5.74, 6) is -2.13. The van der Waals surface area contributed by atoms with Crippen LogP contribution in [0, 0.1) is 5.82 Å². The molecule has 7 heteroatoms. The first-order chi connectivity index (χ1) is 10.6.